The van der Waals surface area contributed by atoms with Crippen molar-refractivity contribution in [1.29, 1.82) is 0 Å². The van der Waals surface area contributed by atoms with E-state index < -0.39 is 0 Å². The highest BCUT2D eigenvalue weighted by Crippen LogP contribution is 2.01. The van der Waals surface area contributed by atoms with Crippen LogP contribution in [0.1, 0.15) is 20.3 Å². The molecule has 0 rings (SSSR count). The van der Waals surface area contributed by atoms with Gasteiger partial charge in [-0.05, 0) is 6.92 Å². The largest absolute Gasteiger partial charge is 0.660 e. The minimum absolute atomic E-state index is 0.407. The highest BCUT2D eigenvalue weighted by Gasteiger charge is 1.90. The maximum Gasteiger partial charge on any atom is 0.0436 e. The lowest BCUT2D eigenvalue weighted by Crippen LogP contribution is -2.12. The summed E-state index contributed by atoms with van der Waals surface area (Å²) in [6.45, 7) is 5.70. The maximum absolute atomic E-state index is 5.18. The topological polar surface area (TPSA) is 23.3 Å². The van der Waals surface area contributed by atoms with Crippen molar-refractivity contribution in [3.05, 3.63) is 5.32 Å². The highest BCUT2D eigenvalue weighted by atomic mass is 16.5. The zero-order valence-corrected chi connectivity index (χ0v) is 6.55. The van der Waals surface area contributed by atoms with E-state index in [1.54, 1.807) is 0 Å². The molecule has 0 heterocycles. The Labute approximate surface area is 57.6 Å². The predicted molar refractivity (Wildman–Crippen MR) is 39.9 cm³/mol. The van der Waals surface area contributed by atoms with Crippen LogP contribution in [0.25, 0.3) is 5.32 Å². The first-order valence-electron chi connectivity index (χ1n) is 3.51. The average molecular weight is 130 g/mol. The Morgan fingerprint density at radius 2 is 2.11 bits per heavy atom. The van der Waals surface area contributed by atoms with Gasteiger partial charge >= 0.3 is 0 Å². The number of rotatable bonds is 5. The van der Waals surface area contributed by atoms with Crippen LogP contribution in [-0.2, 0) is 4.74 Å². The highest BCUT2D eigenvalue weighted by molar-refractivity contribution is 4.84. The molecule has 0 radical (unpaired) electrons. The Balaban J connectivity index is 3.09. The van der Waals surface area contributed by atoms with Gasteiger partial charge in [-0.1, -0.05) is 13.3 Å². The molecule has 0 saturated heterocycles. The minimum Gasteiger partial charge on any atom is -0.660 e. The summed E-state index contributed by atoms with van der Waals surface area (Å²) in [5.41, 5.74) is 0. The van der Waals surface area contributed by atoms with Gasteiger partial charge in [0.2, 0.25) is 0 Å². The van der Waals surface area contributed by atoms with Crippen molar-refractivity contribution in [3.63, 3.8) is 0 Å². The normalized spacial score (nSPS) is 13.7. The molecular weight excluding hydrogens is 114 g/mol. The molecule has 0 bridgehead atoms. The molecular formula is C7H16NO-. The first-order chi connectivity index (χ1) is 4.35. The van der Waals surface area contributed by atoms with Crippen molar-refractivity contribution in [2.24, 2.45) is 0 Å². The third-order valence-electron chi connectivity index (χ3n) is 1.35. The first kappa shape index (κ1) is 8.92. The molecule has 0 aliphatic heterocycles. The Morgan fingerprint density at radius 3 is 2.44 bits per heavy atom. The van der Waals surface area contributed by atoms with Gasteiger partial charge in [0.25, 0.3) is 0 Å². The molecule has 0 aliphatic rings. The van der Waals surface area contributed by atoms with E-state index in [9.17, 15) is 0 Å². The van der Waals surface area contributed by atoms with Gasteiger partial charge in [0, 0.05) is 13.2 Å². The Bertz CT molecular complexity index is 52.9. The second-order valence-corrected chi connectivity index (χ2v) is 1.98. The summed E-state index contributed by atoms with van der Waals surface area (Å²) >= 11 is 0. The van der Waals surface area contributed by atoms with Gasteiger partial charge in [0.1, 0.15) is 0 Å². The second kappa shape index (κ2) is 6.05. The van der Waals surface area contributed by atoms with Crippen LogP contribution in [0.5, 0.6) is 0 Å². The summed E-state index contributed by atoms with van der Waals surface area (Å²) < 4.78 is 5.18. The zero-order valence-electron chi connectivity index (χ0n) is 6.55. The maximum atomic E-state index is 5.18. The van der Waals surface area contributed by atoms with Crippen molar-refractivity contribution in [2.45, 2.75) is 26.3 Å². The molecule has 0 amide bonds. The molecule has 0 aromatic heterocycles. The molecule has 1 unspecified atom stereocenters. The molecule has 0 spiro atoms. The molecule has 1 atom stereocenters. The van der Waals surface area contributed by atoms with Gasteiger partial charge < -0.3 is 10.1 Å². The van der Waals surface area contributed by atoms with Crippen molar-refractivity contribution < 1.29 is 4.74 Å². The fourth-order valence-corrected chi connectivity index (χ4v) is 0.629. The van der Waals surface area contributed by atoms with E-state index in [1.165, 1.54) is 0 Å². The van der Waals surface area contributed by atoms with Gasteiger partial charge in [-0.15, -0.1) is 6.04 Å². The van der Waals surface area contributed by atoms with Crippen LogP contribution in [0.15, 0.2) is 0 Å². The molecule has 2 heteroatoms. The molecule has 0 fully saturated rings. The molecule has 9 heavy (non-hydrogen) atoms. The van der Waals surface area contributed by atoms with Gasteiger partial charge in [-0.3, -0.25) is 0 Å². The van der Waals surface area contributed by atoms with E-state index in [1.807, 2.05) is 14.0 Å². The standard InChI is InChI=1S/C7H16NO/c1-4-7(8-3)6-9-5-2/h7H,4-6H2,1-3H3/q-1. The third kappa shape index (κ3) is 4.43. The zero-order chi connectivity index (χ0) is 7.11. The number of likely N-dealkylation sites (N-methyl/N-ethyl adjacent to an activating group) is 1. The fraction of sp³-hybridized carbons (Fsp3) is 1.00. The molecule has 0 aliphatic carbocycles. The lowest BCUT2D eigenvalue weighted by Gasteiger charge is -2.25. The van der Waals surface area contributed by atoms with Crippen molar-refractivity contribution in [1.82, 2.24) is 0 Å². The smallest absolute Gasteiger partial charge is 0.0436 e. The minimum atomic E-state index is 0.407. The van der Waals surface area contributed by atoms with E-state index in [0.29, 0.717) is 6.04 Å². The molecule has 0 saturated carbocycles. The summed E-state index contributed by atoms with van der Waals surface area (Å²) in [4.78, 5) is 0. The summed E-state index contributed by atoms with van der Waals surface area (Å²) in [5, 5.41) is 4.12. The Morgan fingerprint density at radius 1 is 1.44 bits per heavy atom. The lowest BCUT2D eigenvalue weighted by molar-refractivity contribution is 0.138. The van der Waals surface area contributed by atoms with Crippen LogP contribution in [0.4, 0.5) is 0 Å². The third-order valence-corrected chi connectivity index (χ3v) is 1.35. The van der Waals surface area contributed by atoms with Crippen LogP contribution in [0.2, 0.25) is 0 Å². The van der Waals surface area contributed by atoms with Crippen LogP contribution >= 0.6 is 0 Å². The van der Waals surface area contributed by atoms with Gasteiger partial charge in [0.05, 0.1) is 0 Å². The van der Waals surface area contributed by atoms with Gasteiger partial charge in [0.15, 0.2) is 0 Å². The van der Waals surface area contributed by atoms with Crippen LogP contribution in [0.3, 0.4) is 0 Å². The van der Waals surface area contributed by atoms with Crippen LogP contribution in [0, 0.1) is 0 Å². The average Bonchev–Trinajstić information content (AvgIpc) is 1.91. The van der Waals surface area contributed by atoms with Crippen molar-refractivity contribution in [3.8, 4) is 0 Å². The predicted octanol–water partition coefficient (Wildman–Crippen LogP) is 1.81. The van der Waals surface area contributed by atoms with E-state index in [4.69, 9.17) is 4.74 Å². The fourth-order valence-electron chi connectivity index (χ4n) is 0.629. The number of ether oxygens (including phenoxy) is 1. The quantitative estimate of drug-likeness (QED) is 0.556. The SMILES string of the molecule is CCOCC(CC)[N-]C. The molecule has 2 nitrogen and oxygen atoms in total. The number of hydrogen-bond donors (Lipinski definition) is 0. The van der Waals surface area contributed by atoms with Crippen molar-refractivity contribution in [2.75, 3.05) is 20.3 Å². The first-order valence-corrected chi connectivity index (χ1v) is 3.51. The number of hydrogen-bond acceptors (Lipinski definition) is 1. The summed E-state index contributed by atoms with van der Waals surface area (Å²) in [5.74, 6) is 0. The molecule has 56 valence electrons. The summed E-state index contributed by atoms with van der Waals surface area (Å²) in [7, 11) is 1.84. The van der Waals surface area contributed by atoms with E-state index >= 15 is 0 Å². The summed E-state index contributed by atoms with van der Waals surface area (Å²) in [6, 6.07) is 0.407. The van der Waals surface area contributed by atoms with E-state index in [2.05, 4.69) is 12.2 Å². The lowest BCUT2D eigenvalue weighted by atomic mass is 10.2. The Hall–Kier alpha value is -0.0800. The van der Waals surface area contributed by atoms with Gasteiger partial charge in [-0.25, -0.2) is 0 Å². The molecule has 0 aromatic rings. The summed E-state index contributed by atoms with van der Waals surface area (Å²) in [6.07, 6.45) is 1.08. The van der Waals surface area contributed by atoms with Crippen molar-refractivity contribution >= 4 is 0 Å². The van der Waals surface area contributed by atoms with Crippen LogP contribution in [-0.4, -0.2) is 26.3 Å². The van der Waals surface area contributed by atoms with E-state index in [-0.39, 0.29) is 0 Å². The second-order valence-electron chi connectivity index (χ2n) is 1.98. The number of nitrogens with zero attached hydrogens (tertiary/aromatic N) is 1. The van der Waals surface area contributed by atoms with E-state index in [0.717, 1.165) is 19.6 Å². The Kier molecular flexibility index (Phi) is 5.99. The van der Waals surface area contributed by atoms with Crippen LogP contribution < -0.4 is 0 Å². The molecule has 0 aromatic carbocycles. The molecule has 0 N–H and O–H groups in total. The monoisotopic (exact) mass is 130 g/mol. The van der Waals surface area contributed by atoms with Gasteiger partial charge in [-0.2, -0.15) is 7.05 Å².